The number of carbonyl (C=O) groups excluding carboxylic acids is 1. The standard InChI is InChI=1S/C13H7F7O2/c1-22-9-5-2-8(3-6-9)4-7-10(21)11(14,15)12(16,17)13(18,19)20/h2-3,5-6H,1H3. The molecular weight excluding hydrogens is 321 g/mol. The number of methoxy groups -OCH3 is 1. The van der Waals surface area contributed by atoms with E-state index in [1.54, 1.807) is 5.92 Å². The van der Waals surface area contributed by atoms with Gasteiger partial charge in [-0.15, -0.1) is 0 Å². The van der Waals surface area contributed by atoms with E-state index in [-0.39, 0.29) is 5.56 Å². The minimum absolute atomic E-state index is 0.0414. The number of hydrogen-bond acceptors (Lipinski definition) is 2. The predicted octanol–water partition coefficient (Wildman–Crippen LogP) is 3.45. The van der Waals surface area contributed by atoms with Crippen LogP contribution in [0.4, 0.5) is 30.7 Å². The van der Waals surface area contributed by atoms with E-state index < -0.39 is 23.8 Å². The van der Waals surface area contributed by atoms with Gasteiger partial charge in [0.2, 0.25) is 0 Å². The quantitative estimate of drug-likeness (QED) is 0.628. The summed E-state index contributed by atoms with van der Waals surface area (Å²) in [6.07, 6.45) is -6.58. The normalized spacial score (nSPS) is 12.4. The molecule has 0 fully saturated rings. The molecule has 0 aromatic heterocycles. The van der Waals surface area contributed by atoms with Crippen molar-refractivity contribution < 1.29 is 40.3 Å². The number of benzene rings is 1. The molecular formula is C13H7F7O2. The van der Waals surface area contributed by atoms with Gasteiger partial charge in [-0.1, -0.05) is 5.92 Å². The third kappa shape index (κ3) is 3.32. The number of ether oxygens (including phenoxy) is 1. The molecule has 2 nitrogen and oxygen atoms in total. The summed E-state index contributed by atoms with van der Waals surface area (Å²) in [5.41, 5.74) is -0.0414. The first kappa shape index (κ1) is 17.8. The first-order valence-corrected chi connectivity index (χ1v) is 5.46. The highest BCUT2D eigenvalue weighted by atomic mass is 19.4. The van der Waals surface area contributed by atoms with Gasteiger partial charge in [-0.05, 0) is 30.2 Å². The van der Waals surface area contributed by atoms with Crippen molar-refractivity contribution in [1.82, 2.24) is 0 Å². The zero-order valence-corrected chi connectivity index (χ0v) is 10.8. The van der Waals surface area contributed by atoms with Crippen molar-refractivity contribution in [2.75, 3.05) is 7.11 Å². The number of Topliss-reactive ketones (excluding diaryl/α,β-unsaturated/α-hetero) is 1. The van der Waals surface area contributed by atoms with Gasteiger partial charge in [0, 0.05) is 5.56 Å². The Bertz CT molecular complexity index is 606. The van der Waals surface area contributed by atoms with Crippen molar-refractivity contribution >= 4 is 5.78 Å². The minimum atomic E-state index is -6.58. The van der Waals surface area contributed by atoms with Gasteiger partial charge in [-0.3, -0.25) is 4.79 Å². The lowest BCUT2D eigenvalue weighted by Gasteiger charge is -2.25. The van der Waals surface area contributed by atoms with E-state index in [1.807, 2.05) is 0 Å². The van der Waals surface area contributed by atoms with Gasteiger partial charge in [0.15, 0.2) is 0 Å². The molecule has 1 aromatic rings. The van der Waals surface area contributed by atoms with E-state index in [0.717, 1.165) is 5.92 Å². The number of halogens is 7. The lowest BCUT2D eigenvalue weighted by atomic mass is 10.1. The maximum atomic E-state index is 13.0. The number of alkyl halides is 7. The van der Waals surface area contributed by atoms with Crippen molar-refractivity contribution in [3.63, 3.8) is 0 Å². The third-order valence-electron chi connectivity index (χ3n) is 2.45. The van der Waals surface area contributed by atoms with Crippen molar-refractivity contribution in [2.24, 2.45) is 0 Å². The van der Waals surface area contributed by atoms with Crippen LogP contribution in [0.5, 0.6) is 5.75 Å². The Hall–Kier alpha value is -2.24. The fourth-order valence-electron chi connectivity index (χ4n) is 1.20. The molecule has 0 atom stereocenters. The molecule has 0 unspecified atom stereocenters. The summed E-state index contributed by atoms with van der Waals surface area (Å²) in [4.78, 5) is 10.9. The summed E-state index contributed by atoms with van der Waals surface area (Å²) in [7, 11) is 1.34. The van der Waals surface area contributed by atoms with Crippen LogP contribution in [0.2, 0.25) is 0 Å². The van der Waals surface area contributed by atoms with Crippen LogP contribution in [-0.2, 0) is 4.79 Å². The molecule has 0 amide bonds. The Kier molecular flexibility index (Phi) is 4.75. The summed E-state index contributed by atoms with van der Waals surface area (Å²) in [5, 5.41) is 0. The van der Waals surface area contributed by atoms with E-state index in [1.165, 1.54) is 31.4 Å². The van der Waals surface area contributed by atoms with Gasteiger partial charge >= 0.3 is 18.0 Å². The summed E-state index contributed by atoms with van der Waals surface area (Å²) in [5.74, 6) is -12.1. The first-order valence-electron chi connectivity index (χ1n) is 5.46. The molecule has 0 saturated heterocycles. The molecule has 120 valence electrons. The van der Waals surface area contributed by atoms with Crippen molar-refractivity contribution in [2.45, 2.75) is 18.0 Å². The Labute approximate surface area is 119 Å². The topological polar surface area (TPSA) is 26.3 Å². The van der Waals surface area contributed by atoms with Gasteiger partial charge in [-0.25, -0.2) is 0 Å². The van der Waals surface area contributed by atoms with Crippen LogP contribution in [0, 0.1) is 11.8 Å². The SMILES string of the molecule is COc1ccc(C#CC(=O)C(F)(F)C(F)(F)C(F)(F)F)cc1. The van der Waals surface area contributed by atoms with Gasteiger partial charge in [-0.2, -0.15) is 30.7 Å². The maximum Gasteiger partial charge on any atom is 0.460 e. The highest BCUT2D eigenvalue weighted by molar-refractivity contribution is 6.02. The lowest BCUT2D eigenvalue weighted by molar-refractivity contribution is -0.342. The van der Waals surface area contributed by atoms with Gasteiger partial charge in [0.05, 0.1) is 7.11 Å². The molecule has 9 heteroatoms. The second kappa shape index (κ2) is 5.87. The Balaban J connectivity index is 3.04. The summed E-state index contributed by atoms with van der Waals surface area (Å²) in [6, 6.07) is 5.08. The molecule has 0 heterocycles. The number of carbonyl (C=O) groups is 1. The zero-order chi connectivity index (χ0) is 17.2. The van der Waals surface area contributed by atoms with Crippen LogP contribution in [0.15, 0.2) is 24.3 Å². The van der Waals surface area contributed by atoms with Crippen molar-refractivity contribution in [1.29, 1.82) is 0 Å². The first-order chi connectivity index (χ1) is 9.93. The summed E-state index contributed by atoms with van der Waals surface area (Å²) >= 11 is 0. The van der Waals surface area contributed by atoms with Gasteiger partial charge in [0.1, 0.15) is 5.75 Å². The van der Waals surface area contributed by atoms with Gasteiger partial charge < -0.3 is 4.74 Å². The molecule has 0 aliphatic rings. The van der Waals surface area contributed by atoms with Crippen molar-refractivity contribution in [3.05, 3.63) is 29.8 Å². The van der Waals surface area contributed by atoms with E-state index in [9.17, 15) is 35.5 Å². The number of rotatable bonds is 3. The maximum absolute atomic E-state index is 13.0. The molecule has 1 aromatic carbocycles. The second-order valence-electron chi connectivity index (χ2n) is 3.95. The molecule has 0 radical (unpaired) electrons. The molecule has 0 bridgehead atoms. The van der Waals surface area contributed by atoms with Gasteiger partial charge in [0.25, 0.3) is 5.78 Å². The molecule has 22 heavy (non-hydrogen) atoms. The summed E-state index contributed by atoms with van der Waals surface area (Å²) in [6.45, 7) is 0. The molecule has 0 aliphatic heterocycles. The summed E-state index contributed by atoms with van der Waals surface area (Å²) < 4.78 is 91.6. The second-order valence-corrected chi connectivity index (χ2v) is 3.95. The Morgan fingerprint density at radius 1 is 1.00 bits per heavy atom. The Morgan fingerprint density at radius 2 is 1.50 bits per heavy atom. The minimum Gasteiger partial charge on any atom is -0.497 e. The molecule has 0 N–H and O–H groups in total. The Morgan fingerprint density at radius 3 is 1.91 bits per heavy atom. The van der Waals surface area contributed by atoms with Crippen molar-refractivity contribution in [3.8, 4) is 17.6 Å². The monoisotopic (exact) mass is 328 g/mol. The lowest BCUT2D eigenvalue weighted by Crippen LogP contribution is -2.55. The largest absolute Gasteiger partial charge is 0.497 e. The predicted molar refractivity (Wildman–Crippen MR) is 60.8 cm³/mol. The van der Waals surface area contributed by atoms with Crippen LogP contribution in [0.25, 0.3) is 0 Å². The number of hydrogen-bond donors (Lipinski definition) is 0. The third-order valence-corrected chi connectivity index (χ3v) is 2.45. The zero-order valence-electron chi connectivity index (χ0n) is 10.8. The molecule has 1 rings (SSSR count). The molecule has 0 aliphatic carbocycles. The smallest absolute Gasteiger partial charge is 0.460 e. The van der Waals surface area contributed by atoms with Crippen LogP contribution >= 0.6 is 0 Å². The van der Waals surface area contributed by atoms with Crippen LogP contribution in [0.1, 0.15) is 5.56 Å². The molecule has 0 saturated carbocycles. The van der Waals surface area contributed by atoms with E-state index in [2.05, 4.69) is 0 Å². The number of ketones is 1. The van der Waals surface area contributed by atoms with E-state index in [0.29, 0.717) is 5.75 Å². The van der Waals surface area contributed by atoms with Crippen LogP contribution in [0.3, 0.4) is 0 Å². The van der Waals surface area contributed by atoms with E-state index >= 15 is 0 Å². The highest BCUT2D eigenvalue weighted by Crippen LogP contribution is 2.46. The fourth-order valence-corrected chi connectivity index (χ4v) is 1.20. The average molecular weight is 328 g/mol. The fraction of sp³-hybridized carbons (Fsp3) is 0.308. The molecule has 0 spiro atoms. The van der Waals surface area contributed by atoms with Crippen LogP contribution in [-0.4, -0.2) is 30.9 Å². The van der Waals surface area contributed by atoms with Crippen LogP contribution < -0.4 is 4.74 Å². The highest BCUT2D eigenvalue weighted by Gasteiger charge is 2.75. The average Bonchev–Trinajstić information content (AvgIpc) is 2.43. The van der Waals surface area contributed by atoms with E-state index in [4.69, 9.17) is 4.74 Å².